The van der Waals surface area contributed by atoms with E-state index in [1.165, 1.54) is 0 Å². The standard InChI is InChI=1S/C15H19ClN2O/c1-18(8-5-9-19-2)15-13(11-16)10-12-6-3-4-7-14(12)17-15/h3-4,6-7,10H,5,8-9,11H2,1-2H3. The van der Waals surface area contributed by atoms with Crippen LogP contribution in [0.25, 0.3) is 10.9 Å². The maximum Gasteiger partial charge on any atom is 0.133 e. The van der Waals surface area contributed by atoms with Crippen molar-refractivity contribution in [3.8, 4) is 0 Å². The Morgan fingerprint density at radius 1 is 1.32 bits per heavy atom. The van der Waals surface area contributed by atoms with Crippen molar-refractivity contribution < 1.29 is 4.74 Å². The topological polar surface area (TPSA) is 25.4 Å². The lowest BCUT2D eigenvalue weighted by atomic mass is 10.1. The van der Waals surface area contributed by atoms with Gasteiger partial charge in [0.15, 0.2) is 0 Å². The molecule has 0 saturated carbocycles. The van der Waals surface area contributed by atoms with Crippen molar-refractivity contribution >= 4 is 28.3 Å². The van der Waals surface area contributed by atoms with Gasteiger partial charge in [-0.3, -0.25) is 0 Å². The van der Waals surface area contributed by atoms with Crippen LogP contribution in [-0.2, 0) is 10.6 Å². The largest absolute Gasteiger partial charge is 0.385 e. The van der Waals surface area contributed by atoms with Crippen LogP contribution in [-0.4, -0.2) is 32.3 Å². The predicted molar refractivity (Wildman–Crippen MR) is 81.1 cm³/mol. The van der Waals surface area contributed by atoms with Crippen molar-refractivity contribution in [3.05, 3.63) is 35.9 Å². The Hall–Kier alpha value is -1.32. The van der Waals surface area contributed by atoms with Crippen LogP contribution in [0.15, 0.2) is 30.3 Å². The molecule has 0 saturated heterocycles. The number of benzene rings is 1. The predicted octanol–water partition coefficient (Wildman–Crippen LogP) is 3.45. The minimum atomic E-state index is 0.474. The number of ether oxygens (including phenoxy) is 1. The zero-order valence-corrected chi connectivity index (χ0v) is 12.2. The van der Waals surface area contributed by atoms with Crippen LogP contribution in [0.2, 0.25) is 0 Å². The lowest BCUT2D eigenvalue weighted by Crippen LogP contribution is -2.22. The molecule has 0 N–H and O–H groups in total. The molecule has 3 nitrogen and oxygen atoms in total. The third-order valence-corrected chi connectivity index (χ3v) is 3.42. The molecular weight excluding hydrogens is 260 g/mol. The number of anilines is 1. The number of aromatic nitrogens is 1. The molecule has 0 unspecified atom stereocenters. The molecule has 0 aliphatic heterocycles. The highest BCUT2D eigenvalue weighted by Crippen LogP contribution is 2.24. The van der Waals surface area contributed by atoms with Crippen LogP contribution in [0, 0.1) is 0 Å². The van der Waals surface area contributed by atoms with Crippen LogP contribution >= 0.6 is 11.6 Å². The molecule has 1 aromatic heterocycles. The van der Waals surface area contributed by atoms with Gasteiger partial charge in [0.1, 0.15) is 5.82 Å². The summed E-state index contributed by atoms with van der Waals surface area (Å²) < 4.78 is 5.08. The second-order valence-electron chi connectivity index (χ2n) is 4.57. The Labute approximate surface area is 119 Å². The fraction of sp³-hybridized carbons (Fsp3) is 0.400. The number of hydrogen-bond donors (Lipinski definition) is 0. The van der Waals surface area contributed by atoms with E-state index in [0.717, 1.165) is 41.9 Å². The third-order valence-electron chi connectivity index (χ3n) is 3.13. The third kappa shape index (κ3) is 3.37. The first-order valence-electron chi connectivity index (χ1n) is 6.41. The Morgan fingerprint density at radius 3 is 2.84 bits per heavy atom. The quantitative estimate of drug-likeness (QED) is 0.598. The first kappa shape index (κ1) is 14.1. The Balaban J connectivity index is 2.29. The van der Waals surface area contributed by atoms with Crippen LogP contribution in [0.5, 0.6) is 0 Å². The SMILES string of the molecule is COCCCN(C)c1nc2ccccc2cc1CCl. The molecule has 1 heterocycles. The van der Waals surface area contributed by atoms with E-state index < -0.39 is 0 Å². The van der Waals surface area contributed by atoms with Gasteiger partial charge in [0.2, 0.25) is 0 Å². The van der Waals surface area contributed by atoms with E-state index in [0.29, 0.717) is 5.88 Å². The number of methoxy groups -OCH3 is 1. The molecular formula is C15H19ClN2O. The molecule has 0 atom stereocenters. The molecule has 0 aliphatic carbocycles. The maximum atomic E-state index is 6.05. The minimum absolute atomic E-state index is 0.474. The van der Waals surface area contributed by atoms with E-state index in [1.54, 1.807) is 7.11 Å². The highest BCUT2D eigenvalue weighted by Gasteiger charge is 2.10. The molecule has 19 heavy (non-hydrogen) atoms. The average molecular weight is 279 g/mol. The van der Waals surface area contributed by atoms with E-state index in [2.05, 4.69) is 17.0 Å². The van der Waals surface area contributed by atoms with Crippen molar-refractivity contribution in [2.24, 2.45) is 0 Å². The number of rotatable bonds is 6. The Morgan fingerprint density at radius 2 is 2.11 bits per heavy atom. The first-order valence-corrected chi connectivity index (χ1v) is 6.94. The number of fused-ring (bicyclic) bond motifs is 1. The first-order chi connectivity index (χ1) is 9.26. The number of hydrogen-bond acceptors (Lipinski definition) is 3. The number of para-hydroxylation sites is 1. The average Bonchev–Trinajstić information content (AvgIpc) is 2.46. The van der Waals surface area contributed by atoms with Gasteiger partial charge in [-0.05, 0) is 18.6 Å². The molecule has 0 aliphatic rings. The molecule has 1 aromatic carbocycles. The normalized spacial score (nSPS) is 10.9. The van der Waals surface area contributed by atoms with E-state index in [4.69, 9.17) is 21.3 Å². The molecule has 2 aromatic rings. The smallest absolute Gasteiger partial charge is 0.133 e. The van der Waals surface area contributed by atoms with Gasteiger partial charge in [0.25, 0.3) is 0 Å². The second-order valence-corrected chi connectivity index (χ2v) is 4.83. The summed E-state index contributed by atoms with van der Waals surface area (Å²) >= 11 is 6.05. The second kappa shape index (κ2) is 6.73. The number of pyridine rings is 1. The van der Waals surface area contributed by atoms with Gasteiger partial charge in [-0.2, -0.15) is 0 Å². The summed E-state index contributed by atoms with van der Waals surface area (Å²) in [5.74, 6) is 1.44. The number of alkyl halides is 1. The van der Waals surface area contributed by atoms with Gasteiger partial charge in [0, 0.05) is 38.3 Å². The van der Waals surface area contributed by atoms with E-state index in [9.17, 15) is 0 Å². The highest BCUT2D eigenvalue weighted by molar-refractivity contribution is 6.17. The Kier molecular flexibility index (Phi) is 5.00. The van der Waals surface area contributed by atoms with Crippen molar-refractivity contribution in [2.75, 3.05) is 32.2 Å². The van der Waals surface area contributed by atoms with Gasteiger partial charge in [-0.25, -0.2) is 4.98 Å². The fourth-order valence-corrected chi connectivity index (χ4v) is 2.33. The zero-order valence-electron chi connectivity index (χ0n) is 11.4. The summed E-state index contributed by atoms with van der Waals surface area (Å²) in [6.07, 6.45) is 0.975. The van der Waals surface area contributed by atoms with Crippen LogP contribution in [0.1, 0.15) is 12.0 Å². The van der Waals surface area contributed by atoms with E-state index in [-0.39, 0.29) is 0 Å². The van der Waals surface area contributed by atoms with Crippen molar-refractivity contribution in [1.29, 1.82) is 0 Å². The lowest BCUT2D eigenvalue weighted by molar-refractivity contribution is 0.196. The van der Waals surface area contributed by atoms with Crippen molar-refractivity contribution in [2.45, 2.75) is 12.3 Å². The van der Waals surface area contributed by atoms with Crippen LogP contribution in [0.4, 0.5) is 5.82 Å². The molecule has 4 heteroatoms. The van der Waals surface area contributed by atoms with Crippen molar-refractivity contribution in [1.82, 2.24) is 4.98 Å². The number of nitrogens with zero attached hydrogens (tertiary/aromatic N) is 2. The molecule has 0 bridgehead atoms. The summed E-state index contributed by atoms with van der Waals surface area (Å²) in [5, 5.41) is 1.13. The molecule has 102 valence electrons. The molecule has 2 rings (SSSR count). The number of halogens is 1. The minimum Gasteiger partial charge on any atom is -0.385 e. The van der Waals surface area contributed by atoms with Crippen molar-refractivity contribution in [3.63, 3.8) is 0 Å². The van der Waals surface area contributed by atoms with E-state index in [1.807, 2.05) is 25.2 Å². The fourth-order valence-electron chi connectivity index (χ4n) is 2.13. The maximum absolute atomic E-state index is 6.05. The molecule has 0 spiro atoms. The van der Waals surface area contributed by atoms with Gasteiger partial charge >= 0.3 is 0 Å². The van der Waals surface area contributed by atoms with Gasteiger partial charge in [-0.15, -0.1) is 11.6 Å². The highest BCUT2D eigenvalue weighted by atomic mass is 35.5. The summed E-state index contributed by atoms with van der Waals surface area (Å²) in [5.41, 5.74) is 2.07. The van der Waals surface area contributed by atoms with Gasteiger partial charge in [-0.1, -0.05) is 18.2 Å². The monoisotopic (exact) mass is 278 g/mol. The van der Waals surface area contributed by atoms with Crippen LogP contribution in [0.3, 0.4) is 0 Å². The molecule has 0 amide bonds. The van der Waals surface area contributed by atoms with Crippen LogP contribution < -0.4 is 4.90 Å². The molecule has 0 fully saturated rings. The lowest BCUT2D eigenvalue weighted by Gasteiger charge is -2.21. The summed E-state index contributed by atoms with van der Waals surface area (Å²) in [4.78, 5) is 6.87. The summed E-state index contributed by atoms with van der Waals surface area (Å²) in [6, 6.07) is 10.2. The molecule has 0 radical (unpaired) electrons. The Bertz CT molecular complexity index is 545. The summed E-state index contributed by atoms with van der Waals surface area (Å²) in [6.45, 7) is 1.66. The van der Waals surface area contributed by atoms with E-state index >= 15 is 0 Å². The van der Waals surface area contributed by atoms with Gasteiger partial charge in [0.05, 0.1) is 11.4 Å². The summed E-state index contributed by atoms with van der Waals surface area (Å²) in [7, 11) is 3.77. The van der Waals surface area contributed by atoms with Gasteiger partial charge < -0.3 is 9.64 Å². The zero-order chi connectivity index (χ0) is 13.7.